The summed E-state index contributed by atoms with van der Waals surface area (Å²) in [6, 6.07) is 3.35. The minimum atomic E-state index is -0.550. The molecule has 0 radical (unpaired) electrons. The van der Waals surface area contributed by atoms with Gasteiger partial charge in [0.15, 0.2) is 0 Å². The smallest absolute Gasteiger partial charge is 0.267 e. The average molecular weight is 249 g/mol. The van der Waals surface area contributed by atoms with Crippen LogP contribution in [0.1, 0.15) is 42.6 Å². The zero-order chi connectivity index (χ0) is 13.0. The van der Waals surface area contributed by atoms with Crippen molar-refractivity contribution in [3.8, 4) is 5.75 Å². The summed E-state index contributed by atoms with van der Waals surface area (Å²) < 4.78 is 5.87. The number of pyridine rings is 1. The molecule has 1 aromatic heterocycles. The molecule has 1 aliphatic rings. The van der Waals surface area contributed by atoms with Crippen molar-refractivity contribution in [1.29, 1.82) is 0 Å². The molecule has 0 saturated heterocycles. The minimum absolute atomic E-state index is 0.00984. The van der Waals surface area contributed by atoms with Crippen molar-refractivity contribution in [2.24, 2.45) is 11.5 Å². The van der Waals surface area contributed by atoms with E-state index < -0.39 is 5.91 Å². The van der Waals surface area contributed by atoms with Gasteiger partial charge in [0, 0.05) is 18.3 Å². The second-order valence-electron chi connectivity index (χ2n) is 4.70. The lowest BCUT2D eigenvalue weighted by Gasteiger charge is -2.22. The van der Waals surface area contributed by atoms with Crippen molar-refractivity contribution in [3.05, 3.63) is 24.0 Å². The van der Waals surface area contributed by atoms with E-state index in [1.165, 1.54) is 12.6 Å². The van der Waals surface area contributed by atoms with Gasteiger partial charge in [0.25, 0.3) is 5.91 Å². The molecule has 1 fully saturated rings. The summed E-state index contributed by atoms with van der Waals surface area (Å²) in [7, 11) is 0. The van der Waals surface area contributed by atoms with Gasteiger partial charge >= 0.3 is 0 Å². The molecular weight excluding hydrogens is 230 g/mol. The highest BCUT2D eigenvalue weighted by molar-refractivity contribution is 5.91. The maximum Gasteiger partial charge on any atom is 0.267 e. The predicted molar refractivity (Wildman–Crippen MR) is 68.2 cm³/mol. The highest BCUT2D eigenvalue weighted by atomic mass is 16.5. The highest BCUT2D eigenvalue weighted by Crippen LogP contribution is 2.22. The van der Waals surface area contributed by atoms with E-state index in [9.17, 15) is 4.79 Å². The monoisotopic (exact) mass is 249 g/mol. The Morgan fingerprint density at radius 3 is 2.89 bits per heavy atom. The number of nitrogens with zero attached hydrogens (tertiary/aromatic N) is 1. The molecule has 5 nitrogen and oxygen atoms in total. The van der Waals surface area contributed by atoms with Crippen LogP contribution in [0.5, 0.6) is 5.75 Å². The van der Waals surface area contributed by atoms with E-state index >= 15 is 0 Å². The number of ether oxygens (including phenoxy) is 1. The van der Waals surface area contributed by atoms with E-state index in [0.29, 0.717) is 5.75 Å². The molecule has 2 unspecified atom stereocenters. The molecule has 4 N–H and O–H groups in total. The number of amides is 1. The van der Waals surface area contributed by atoms with Gasteiger partial charge in [-0.05, 0) is 25.3 Å². The maximum absolute atomic E-state index is 11.0. The molecule has 1 aliphatic carbocycles. The Labute approximate surface area is 107 Å². The molecule has 2 rings (SSSR count). The van der Waals surface area contributed by atoms with Crippen LogP contribution in [0.2, 0.25) is 0 Å². The van der Waals surface area contributed by atoms with Crippen LogP contribution in [0.3, 0.4) is 0 Å². The van der Waals surface area contributed by atoms with E-state index in [-0.39, 0.29) is 17.8 Å². The molecule has 18 heavy (non-hydrogen) atoms. The molecule has 1 heterocycles. The van der Waals surface area contributed by atoms with E-state index in [4.69, 9.17) is 16.2 Å². The molecule has 1 amide bonds. The Balaban J connectivity index is 2.07. The first kappa shape index (κ1) is 12.8. The summed E-state index contributed by atoms with van der Waals surface area (Å²) in [6.45, 7) is 0. The van der Waals surface area contributed by atoms with E-state index in [1.54, 1.807) is 12.1 Å². The van der Waals surface area contributed by atoms with Crippen molar-refractivity contribution in [3.63, 3.8) is 0 Å². The third-order valence-electron chi connectivity index (χ3n) is 3.27. The molecule has 0 bridgehead atoms. The summed E-state index contributed by atoms with van der Waals surface area (Å²) in [5.41, 5.74) is 11.5. The number of aromatic nitrogens is 1. The molecule has 98 valence electrons. The van der Waals surface area contributed by atoms with Crippen LogP contribution in [0.4, 0.5) is 0 Å². The maximum atomic E-state index is 11.0. The Morgan fingerprint density at radius 2 is 2.11 bits per heavy atom. The molecular formula is C13H19N3O2. The molecule has 5 heteroatoms. The second kappa shape index (κ2) is 5.82. The number of primary amides is 1. The van der Waals surface area contributed by atoms with Crippen LogP contribution < -0.4 is 16.2 Å². The number of carbonyl (C=O) groups excluding carboxylic acids is 1. The SMILES string of the molecule is NC(=O)c1cc(OC2CCCCCC2N)ccn1. The van der Waals surface area contributed by atoms with Crippen molar-refractivity contribution in [2.75, 3.05) is 0 Å². The standard InChI is InChI=1S/C13H19N3O2/c14-10-4-2-1-3-5-12(10)18-9-6-7-16-11(8-9)13(15)17/h6-8,10,12H,1-5,14H2,(H2,15,17). The van der Waals surface area contributed by atoms with Gasteiger partial charge in [0.1, 0.15) is 17.5 Å². The fourth-order valence-electron chi connectivity index (χ4n) is 2.24. The predicted octanol–water partition coefficient (Wildman–Crippen LogP) is 1.22. The zero-order valence-electron chi connectivity index (χ0n) is 10.3. The zero-order valence-corrected chi connectivity index (χ0v) is 10.3. The highest BCUT2D eigenvalue weighted by Gasteiger charge is 2.22. The van der Waals surface area contributed by atoms with Crippen LogP contribution in [0, 0.1) is 0 Å². The lowest BCUT2D eigenvalue weighted by atomic mass is 10.1. The third kappa shape index (κ3) is 3.20. The van der Waals surface area contributed by atoms with Gasteiger partial charge < -0.3 is 16.2 Å². The van der Waals surface area contributed by atoms with Crippen LogP contribution in [-0.4, -0.2) is 23.0 Å². The van der Waals surface area contributed by atoms with Crippen molar-refractivity contribution in [1.82, 2.24) is 4.98 Å². The fraction of sp³-hybridized carbons (Fsp3) is 0.538. The molecule has 1 aromatic rings. The van der Waals surface area contributed by atoms with E-state index in [2.05, 4.69) is 4.98 Å². The Morgan fingerprint density at radius 1 is 1.33 bits per heavy atom. The number of rotatable bonds is 3. The first-order valence-corrected chi connectivity index (χ1v) is 6.35. The molecule has 0 aromatic carbocycles. The number of nitrogens with two attached hydrogens (primary N) is 2. The summed E-state index contributed by atoms with van der Waals surface area (Å²) in [5.74, 6) is 0.0618. The summed E-state index contributed by atoms with van der Waals surface area (Å²) in [5, 5.41) is 0. The first-order chi connectivity index (χ1) is 8.66. The first-order valence-electron chi connectivity index (χ1n) is 6.35. The number of hydrogen-bond acceptors (Lipinski definition) is 4. The molecule has 1 saturated carbocycles. The normalized spacial score (nSPS) is 24.3. The molecule has 0 spiro atoms. The van der Waals surface area contributed by atoms with Gasteiger partial charge in [-0.2, -0.15) is 0 Å². The molecule has 0 aliphatic heterocycles. The van der Waals surface area contributed by atoms with E-state index in [1.807, 2.05) is 0 Å². The fourth-order valence-corrected chi connectivity index (χ4v) is 2.24. The average Bonchev–Trinajstić information content (AvgIpc) is 2.55. The third-order valence-corrected chi connectivity index (χ3v) is 3.27. The van der Waals surface area contributed by atoms with Gasteiger partial charge in [-0.15, -0.1) is 0 Å². The lowest BCUT2D eigenvalue weighted by molar-refractivity contribution is 0.0994. The van der Waals surface area contributed by atoms with E-state index in [0.717, 1.165) is 25.7 Å². The van der Waals surface area contributed by atoms with Crippen LogP contribution in [-0.2, 0) is 0 Å². The van der Waals surface area contributed by atoms with Gasteiger partial charge in [-0.1, -0.05) is 12.8 Å². The number of hydrogen-bond donors (Lipinski definition) is 2. The Kier molecular flexibility index (Phi) is 4.15. The van der Waals surface area contributed by atoms with Crippen molar-refractivity contribution < 1.29 is 9.53 Å². The lowest BCUT2D eigenvalue weighted by Crippen LogP contribution is -2.37. The van der Waals surface area contributed by atoms with Gasteiger partial charge in [-0.25, -0.2) is 0 Å². The topological polar surface area (TPSA) is 91.2 Å². The number of carbonyl (C=O) groups is 1. The van der Waals surface area contributed by atoms with Crippen molar-refractivity contribution in [2.45, 2.75) is 44.2 Å². The second-order valence-corrected chi connectivity index (χ2v) is 4.70. The van der Waals surface area contributed by atoms with Gasteiger partial charge in [0.05, 0.1) is 0 Å². The summed E-state index contributed by atoms with van der Waals surface area (Å²) in [4.78, 5) is 14.9. The van der Waals surface area contributed by atoms with Crippen molar-refractivity contribution >= 4 is 5.91 Å². The van der Waals surface area contributed by atoms with Gasteiger partial charge in [0.2, 0.25) is 0 Å². The van der Waals surface area contributed by atoms with Gasteiger partial charge in [-0.3, -0.25) is 9.78 Å². The Bertz CT molecular complexity index is 422. The largest absolute Gasteiger partial charge is 0.489 e. The summed E-state index contributed by atoms with van der Waals surface area (Å²) >= 11 is 0. The molecule has 2 atom stereocenters. The summed E-state index contributed by atoms with van der Waals surface area (Å²) in [6.07, 6.45) is 6.97. The van der Waals surface area contributed by atoms with Crippen LogP contribution >= 0.6 is 0 Å². The quantitative estimate of drug-likeness (QED) is 0.788. The minimum Gasteiger partial charge on any atom is -0.489 e. The Hall–Kier alpha value is -1.62. The van der Waals surface area contributed by atoms with Crippen LogP contribution in [0.25, 0.3) is 0 Å². The van der Waals surface area contributed by atoms with Crippen LogP contribution in [0.15, 0.2) is 18.3 Å².